The summed E-state index contributed by atoms with van der Waals surface area (Å²) in [5, 5.41) is 22.4. The minimum atomic E-state index is -1.72. The zero-order valence-electron chi connectivity index (χ0n) is 24.5. The predicted molar refractivity (Wildman–Crippen MR) is 163 cm³/mol. The van der Waals surface area contributed by atoms with Gasteiger partial charge in [0.25, 0.3) is 0 Å². The predicted octanol–water partition coefficient (Wildman–Crippen LogP) is 5.42. The minimum absolute atomic E-state index is 0.341. The van der Waals surface area contributed by atoms with Gasteiger partial charge in [-0.3, -0.25) is 14.4 Å². The molecule has 8 heteroatoms. The Bertz CT molecular complexity index is 1660. The van der Waals surface area contributed by atoms with Crippen LogP contribution in [0.1, 0.15) is 47.3 Å². The van der Waals surface area contributed by atoms with Crippen LogP contribution in [-0.2, 0) is 14.4 Å². The third kappa shape index (κ3) is 5.37. The molecule has 3 aromatic carbocycles. The van der Waals surface area contributed by atoms with Crippen molar-refractivity contribution in [2.24, 2.45) is 11.8 Å². The fourth-order valence-electron chi connectivity index (χ4n) is 6.25. The van der Waals surface area contributed by atoms with Crippen LogP contribution in [0.25, 0.3) is 5.69 Å². The lowest BCUT2D eigenvalue weighted by atomic mass is 9.60. The van der Waals surface area contributed by atoms with Crippen molar-refractivity contribution in [1.29, 1.82) is 0 Å². The molecule has 5 rings (SSSR count). The van der Waals surface area contributed by atoms with E-state index in [2.05, 4.69) is 10.6 Å². The van der Waals surface area contributed by atoms with Gasteiger partial charge in [-0.05, 0) is 70.0 Å². The van der Waals surface area contributed by atoms with Crippen molar-refractivity contribution in [3.05, 3.63) is 107 Å². The molecule has 1 fully saturated rings. The Kier molecular flexibility index (Phi) is 7.84. The molecule has 42 heavy (non-hydrogen) atoms. The molecular formula is C34H36N4O4. The van der Waals surface area contributed by atoms with Gasteiger partial charge in [0.1, 0.15) is 11.7 Å². The molecule has 1 aliphatic carbocycles. The SMILES string of the molecule is Cc1ccccc1NC(=O)C1C(=O)CC(C)(O)C(C(=O)Nc2ccccc2C)C1c1c(C)nn(-c2ccccc2)c1C. The summed E-state index contributed by atoms with van der Waals surface area (Å²) in [7, 11) is 0. The van der Waals surface area contributed by atoms with Gasteiger partial charge in [0.15, 0.2) is 0 Å². The number of ketones is 1. The van der Waals surface area contributed by atoms with E-state index in [0.29, 0.717) is 28.3 Å². The third-order valence-corrected chi connectivity index (χ3v) is 8.32. The van der Waals surface area contributed by atoms with E-state index in [9.17, 15) is 19.5 Å². The van der Waals surface area contributed by atoms with E-state index in [4.69, 9.17) is 5.10 Å². The minimum Gasteiger partial charge on any atom is -0.389 e. The number of aliphatic hydroxyl groups is 1. The van der Waals surface area contributed by atoms with Crippen LogP contribution >= 0.6 is 0 Å². The van der Waals surface area contributed by atoms with E-state index < -0.39 is 41.0 Å². The van der Waals surface area contributed by atoms with E-state index in [1.54, 1.807) is 16.8 Å². The molecule has 1 aliphatic rings. The van der Waals surface area contributed by atoms with Crippen molar-refractivity contribution in [3.8, 4) is 5.69 Å². The summed E-state index contributed by atoms with van der Waals surface area (Å²) in [6, 6.07) is 24.2. The maximum atomic E-state index is 14.2. The summed E-state index contributed by atoms with van der Waals surface area (Å²) >= 11 is 0. The number of anilines is 2. The Morgan fingerprint density at radius 3 is 1.93 bits per heavy atom. The maximum Gasteiger partial charge on any atom is 0.235 e. The molecule has 216 valence electrons. The Hall–Kier alpha value is -4.56. The van der Waals surface area contributed by atoms with E-state index in [1.165, 1.54) is 6.92 Å². The lowest BCUT2D eigenvalue weighted by Crippen LogP contribution is -2.56. The summed E-state index contributed by atoms with van der Waals surface area (Å²) < 4.78 is 1.76. The van der Waals surface area contributed by atoms with Crippen LogP contribution in [0.3, 0.4) is 0 Å². The summed E-state index contributed by atoms with van der Waals surface area (Å²) in [4.78, 5) is 42.0. The Morgan fingerprint density at radius 2 is 1.36 bits per heavy atom. The summed E-state index contributed by atoms with van der Waals surface area (Å²) in [5.41, 5.74) is 3.83. The number of aryl methyl sites for hydroxylation is 3. The van der Waals surface area contributed by atoms with Gasteiger partial charge in [0, 0.05) is 35.0 Å². The maximum absolute atomic E-state index is 14.2. The second-order valence-electron chi connectivity index (χ2n) is 11.4. The first-order chi connectivity index (χ1) is 20.0. The first kappa shape index (κ1) is 29.0. The molecule has 0 radical (unpaired) electrons. The number of nitrogens with one attached hydrogen (secondary N) is 2. The third-order valence-electron chi connectivity index (χ3n) is 8.32. The number of hydrogen-bond acceptors (Lipinski definition) is 5. The molecule has 2 amide bonds. The Morgan fingerprint density at radius 1 is 0.833 bits per heavy atom. The summed E-state index contributed by atoms with van der Waals surface area (Å²) in [6.45, 7) is 8.93. The van der Waals surface area contributed by atoms with Crippen molar-refractivity contribution < 1.29 is 19.5 Å². The van der Waals surface area contributed by atoms with Crippen LogP contribution in [0.4, 0.5) is 11.4 Å². The number of carbonyl (C=O) groups excluding carboxylic acids is 3. The van der Waals surface area contributed by atoms with Crippen molar-refractivity contribution in [3.63, 3.8) is 0 Å². The molecule has 4 unspecified atom stereocenters. The molecule has 1 saturated carbocycles. The van der Waals surface area contributed by atoms with Gasteiger partial charge in [-0.1, -0.05) is 54.6 Å². The molecule has 8 nitrogen and oxygen atoms in total. The number of carbonyl (C=O) groups is 3. The molecule has 1 aromatic heterocycles. The zero-order chi connectivity index (χ0) is 30.2. The highest BCUT2D eigenvalue weighted by atomic mass is 16.3. The van der Waals surface area contributed by atoms with E-state index in [0.717, 1.165) is 16.8 Å². The number of amides is 2. The largest absolute Gasteiger partial charge is 0.389 e. The first-order valence-electron chi connectivity index (χ1n) is 14.1. The molecule has 0 spiro atoms. The average Bonchev–Trinajstić information content (AvgIpc) is 3.23. The van der Waals surface area contributed by atoms with Crippen LogP contribution in [0.5, 0.6) is 0 Å². The van der Waals surface area contributed by atoms with Gasteiger partial charge in [-0.15, -0.1) is 0 Å². The highest BCUT2D eigenvalue weighted by Gasteiger charge is 2.57. The highest BCUT2D eigenvalue weighted by Crippen LogP contribution is 2.48. The van der Waals surface area contributed by atoms with E-state index in [1.807, 2.05) is 94.4 Å². The topological polar surface area (TPSA) is 113 Å². The van der Waals surface area contributed by atoms with Crippen LogP contribution < -0.4 is 10.6 Å². The van der Waals surface area contributed by atoms with Crippen molar-refractivity contribution in [2.75, 3.05) is 10.6 Å². The fraction of sp³-hybridized carbons (Fsp3) is 0.294. The highest BCUT2D eigenvalue weighted by molar-refractivity contribution is 6.10. The number of rotatable bonds is 6. The van der Waals surface area contributed by atoms with Gasteiger partial charge in [0.2, 0.25) is 11.8 Å². The normalized spacial score (nSPS) is 22.0. The van der Waals surface area contributed by atoms with Crippen molar-refractivity contribution in [2.45, 2.75) is 52.6 Å². The standard InChI is InChI=1S/C34H36N4O4/c1-20-13-9-11-17-25(20)35-32(40)29-27(39)19-34(5,42)31(33(41)36-26-18-12-10-14-21(26)2)30(29)28-22(3)37-38(23(28)4)24-15-7-6-8-16-24/h6-18,29-31,42H,19H2,1-5H3,(H,35,40)(H,36,41). The van der Waals surface area contributed by atoms with Crippen molar-refractivity contribution >= 4 is 29.0 Å². The number of para-hydroxylation sites is 3. The van der Waals surface area contributed by atoms with Crippen LogP contribution in [0.2, 0.25) is 0 Å². The van der Waals surface area contributed by atoms with Crippen molar-refractivity contribution in [1.82, 2.24) is 9.78 Å². The number of hydrogen-bond donors (Lipinski definition) is 3. The van der Waals surface area contributed by atoms with Gasteiger partial charge in [0.05, 0.1) is 22.9 Å². The lowest BCUT2D eigenvalue weighted by Gasteiger charge is -2.44. The average molecular weight is 565 g/mol. The van der Waals surface area contributed by atoms with Gasteiger partial charge >= 0.3 is 0 Å². The smallest absolute Gasteiger partial charge is 0.235 e. The van der Waals surface area contributed by atoms with Crippen LogP contribution in [0, 0.1) is 39.5 Å². The number of nitrogens with zero attached hydrogens (tertiary/aromatic N) is 2. The first-order valence-corrected chi connectivity index (χ1v) is 14.1. The van der Waals surface area contributed by atoms with Crippen LogP contribution in [0.15, 0.2) is 78.9 Å². The fourth-order valence-corrected chi connectivity index (χ4v) is 6.25. The monoisotopic (exact) mass is 564 g/mol. The molecular weight excluding hydrogens is 528 g/mol. The summed E-state index contributed by atoms with van der Waals surface area (Å²) in [5.74, 6) is -4.76. The lowest BCUT2D eigenvalue weighted by molar-refractivity contribution is -0.150. The second-order valence-corrected chi connectivity index (χ2v) is 11.4. The molecule has 4 aromatic rings. The van der Waals surface area contributed by atoms with Gasteiger partial charge in [-0.2, -0.15) is 5.10 Å². The summed E-state index contributed by atoms with van der Waals surface area (Å²) in [6.07, 6.45) is -0.341. The molecule has 0 aliphatic heterocycles. The van der Waals surface area contributed by atoms with Crippen LogP contribution in [-0.4, -0.2) is 38.1 Å². The molecule has 4 atom stereocenters. The molecule has 1 heterocycles. The van der Waals surface area contributed by atoms with E-state index >= 15 is 0 Å². The van der Waals surface area contributed by atoms with Gasteiger partial charge in [-0.25, -0.2) is 4.68 Å². The quantitative estimate of drug-likeness (QED) is 0.271. The molecule has 0 bridgehead atoms. The zero-order valence-corrected chi connectivity index (χ0v) is 24.5. The molecule has 3 N–H and O–H groups in total. The Labute approximate surface area is 245 Å². The Balaban J connectivity index is 1.67. The second kappa shape index (κ2) is 11.4. The number of Topliss-reactive ketones (excluding diaryl/α,β-unsaturated/α-hetero) is 1. The molecule has 0 saturated heterocycles. The number of aromatic nitrogens is 2. The number of benzene rings is 3. The van der Waals surface area contributed by atoms with E-state index in [-0.39, 0.29) is 6.42 Å². The van der Waals surface area contributed by atoms with Gasteiger partial charge < -0.3 is 15.7 Å².